The fourth-order valence-corrected chi connectivity index (χ4v) is 2.97. The molecule has 3 heteroatoms. The van der Waals surface area contributed by atoms with Gasteiger partial charge in [-0.25, -0.2) is 0 Å². The van der Waals surface area contributed by atoms with Crippen LogP contribution in [0.25, 0.3) is 0 Å². The van der Waals surface area contributed by atoms with Crippen molar-refractivity contribution >= 4 is 17.3 Å². The van der Waals surface area contributed by atoms with Crippen LogP contribution in [0.5, 0.6) is 0 Å². The lowest BCUT2D eigenvalue weighted by Crippen LogP contribution is -2.39. The van der Waals surface area contributed by atoms with E-state index < -0.39 is 0 Å². The monoisotopic (exact) mass is 266 g/mol. The van der Waals surface area contributed by atoms with Crippen LogP contribution in [-0.4, -0.2) is 18.6 Å². The third kappa shape index (κ3) is 2.81. The van der Waals surface area contributed by atoms with Crippen molar-refractivity contribution in [3.8, 4) is 0 Å². The highest BCUT2D eigenvalue weighted by Crippen LogP contribution is 2.36. The lowest BCUT2D eigenvalue weighted by molar-refractivity contribution is 0.516. The maximum atomic E-state index is 6.13. The predicted octanol–water partition coefficient (Wildman–Crippen LogP) is 3.83. The molecule has 0 radical (unpaired) electrons. The van der Waals surface area contributed by atoms with Crippen molar-refractivity contribution in [2.45, 2.75) is 45.7 Å². The minimum atomic E-state index is 0.259. The average Bonchev–Trinajstić information content (AvgIpc) is 2.66. The van der Waals surface area contributed by atoms with E-state index in [0.29, 0.717) is 0 Å². The Bertz CT molecular complexity index is 415. The number of rotatable bonds is 4. The van der Waals surface area contributed by atoms with Gasteiger partial charge in [0.25, 0.3) is 0 Å². The molecule has 0 atom stereocenters. The molecule has 1 fully saturated rings. The van der Waals surface area contributed by atoms with E-state index in [1.165, 1.54) is 24.1 Å². The van der Waals surface area contributed by atoms with Crippen LogP contribution in [0.3, 0.4) is 0 Å². The molecule has 0 amide bonds. The number of benzene rings is 1. The van der Waals surface area contributed by atoms with Crippen LogP contribution in [0.1, 0.15) is 39.2 Å². The van der Waals surface area contributed by atoms with Gasteiger partial charge in [0.2, 0.25) is 0 Å². The zero-order valence-corrected chi connectivity index (χ0v) is 12.3. The molecule has 0 bridgehead atoms. The summed E-state index contributed by atoms with van der Waals surface area (Å²) in [6.07, 6.45) is 2.53. The standard InChI is InChI=1S/C15H23ClN2/c1-4-17-11-12-10-13(16)6-7-14(12)18-9-5-8-15(18,2)3/h6-7,10,17H,4-5,8-9,11H2,1-3H3. The van der Waals surface area contributed by atoms with Gasteiger partial charge >= 0.3 is 0 Å². The van der Waals surface area contributed by atoms with Crippen molar-refractivity contribution in [1.29, 1.82) is 0 Å². The van der Waals surface area contributed by atoms with Gasteiger partial charge in [0.1, 0.15) is 0 Å². The van der Waals surface area contributed by atoms with Crippen LogP contribution >= 0.6 is 11.6 Å². The Labute approximate surface area is 115 Å². The summed E-state index contributed by atoms with van der Waals surface area (Å²) in [6.45, 7) is 9.80. The summed E-state index contributed by atoms with van der Waals surface area (Å²) in [5, 5.41) is 4.22. The topological polar surface area (TPSA) is 15.3 Å². The number of hydrogen-bond donors (Lipinski definition) is 1. The quantitative estimate of drug-likeness (QED) is 0.891. The first-order valence-electron chi connectivity index (χ1n) is 6.81. The third-order valence-corrected chi connectivity index (χ3v) is 4.03. The van der Waals surface area contributed by atoms with Gasteiger partial charge in [0.05, 0.1) is 0 Å². The Hall–Kier alpha value is -0.730. The Balaban J connectivity index is 2.31. The summed E-state index contributed by atoms with van der Waals surface area (Å²) < 4.78 is 0. The lowest BCUT2D eigenvalue weighted by atomic mass is 10.0. The molecule has 1 heterocycles. The van der Waals surface area contributed by atoms with Crippen molar-refractivity contribution in [2.24, 2.45) is 0 Å². The van der Waals surface area contributed by atoms with Gasteiger partial charge in [-0.2, -0.15) is 0 Å². The number of hydrogen-bond acceptors (Lipinski definition) is 2. The van der Waals surface area contributed by atoms with Gasteiger partial charge in [0, 0.05) is 29.3 Å². The van der Waals surface area contributed by atoms with Crippen LogP contribution in [0.2, 0.25) is 5.02 Å². The molecule has 1 aromatic carbocycles. The summed E-state index contributed by atoms with van der Waals surface area (Å²) in [6, 6.07) is 6.26. The molecule has 1 aliphatic rings. The van der Waals surface area contributed by atoms with Crippen LogP contribution in [-0.2, 0) is 6.54 Å². The molecule has 2 nitrogen and oxygen atoms in total. The molecule has 1 saturated heterocycles. The fourth-order valence-electron chi connectivity index (χ4n) is 2.77. The maximum absolute atomic E-state index is 6.13. The molecule has 1 aromatic rings. The molecule has 0 unspecified atom stereocenters. The van der Waals surface area contributed by atoms with Crippen LogP contribution in [0, 0.1) is 0 Å². The summed E-state index contributed by atoms with van der Waals surface area (Å²) in [5.41, 5.74) is 2.90. The second kappa shape index (κ2) is 5.50. The Morgan fingerprint density at radius 3 is 2.78 bits per heavy atom. The van der Waals surface area contributed by atoms with E-state index in [4.69, 9.17) is 11.6 Å². The van der Waals surface area contributed by atoms with Crippen molar-refractivity contribution in [2.75, 3.05) is 18.0 Å². The van der Waals surface area contributed by atoms with Crippen molar-refractivity contribution in [3.05, 3.63) is 28.8 Å². The lowest BCUT2D eigenvalue weighted by Gasteiger charge is -2.35. The zero-order valence-electron chi connectivity index (χ0n) is 11.6. The highest BCUT2D eigenvalue weighted by atomic mass is 35.5. The van der Waals surface area contributed by atoms with Crippen molar-refractivity contribution in [1.82, 2.24) is 5.32 Å². The summed E-state index contributed by atoms with van der Waals surface area (Å²) >= 11 is 6.13. The SMILES string of the molecule is CCNCc1cc(Cl)ccc1N1CCCC1(C)C. The number of halogens is 1. The molecular weight excluding hydrogens is 244 g/mol. The molecule has 0 aromatic heterocycles. The molecular formula is C15H23ClN2. The minimum absolute atomic E-state index is 0.259. The van der Waals surface area contributed by atoms with Crippen LogP contribution < -0.4 is 10.2 Å². The first-order chi connectivity index (χ1) is 8.54. The number of anilines is 1. The molecule has 1 aliphatic heterocycles. The van der Waals surface area contributed by atoms with Gasteiger partial charge in [0.15, 0.2) is 0 Å². The number of nitrogens with one attached hydrogen (secondary N) is 1. The van der Waals surface area contributed by atoms with Crippen LogP contribution in [0.4, 0.5) is 5.69 Å². The smallest absolute Gasteiger partial charge is 0.0417 e. The van der Waals surface area contributed by atoms with Gasteiger partial charge in [-0.05, 0) is 57.0 Å². The third-order valence-electron chi connectivity index (χ3n) is 3.80. The largest absolute Gasteiger partial charge is 0.366 e. The van der Waals surface area contributed by atoms with Gasteiger partial charge in [-0.15, -0.1) is 0 Å². The highest BCUT2D eigenvalue weighted by molar-refractivity contribution is 6.30. The predicted molar refractivity (Wildman–Crippen MR) is 79.5 cm³/mol. The minimum Gasteiger partial charge on any atom is -0.366 e. The van der Waals surface area contributed by atoms with E-state index in [-0.39, 0.29) is 5.54 Å². The van der Waals surface area contributed by atoms with Crippen molar-refractivity contribution in [3.63, 3.8) is 0 Å². The molecule has 100 valence electrons. The average molecular weight is 267 g/mol. The molecule has 0 spiro atoms. The Morgan fingerprint density at radius 2 is 2.17 bits per heavy atom. The van der Waals surface area contributed by atoms with Crippen LogP contribution in [0.15, 0.2) is 18.2 Å². The Kier molecular flexibility index (Phi) is 4.18. The molecule has 18 heavy (non-hydrogen) atoms. The Morgan fingerprint density at radius 1 is 1.39 bits per heavy atom. The van der Waals surface area contributed by atoms with E-state index in [1.54, 1.807) is 0 Å². The van der Waals surface area contributed by atoms with Gasteiger partial charge in [-0.1, -0.05) is 18.5 Å². The fraction of sp³-hybridized carbons (Fsp3) is 0.600. The second-order valence-electron chi connectivity index (χ2n) is 5.62. The molecule has 1 N–H and O–H groups in total. The maximum Gasteiger partial charge on any atom is 0.0417 e. The van der Waals surface area contributed by atoms with E-state index in [1.807, 2.05) is 6.07 Å². The van der Waals surface area contributed by atoms with E-state index in [2.05, 4.69) is 43.1 Å². The summed E-state index contributed by atoms with van der Waals surface area (Å²) in [7, 11) is 0. The van der Waals surface area contributed by atoms with Crippen molar-refractivity contribution < 1.29 is 0 Å². The summed E-state index contributed by atoms with van der Waals surface area (Å²) in [4.78, 5) is 2.52. The zero-order chi connectivity index (χ0) is 13.2. The van der Waals surface area contributed by atoms with E-state index >= 15 is 0 Å². The van der Waals surface area contributed by atoms with Gasteiger partial charge < -0.3 is 10.2 Å². The molecule has 0 saturated carbocycles. The first-order valence-corrected chi connectivity index (χ1v) is 7.19. The first kappa shape index (κ1) is 13.7. The van der Waals surface area contributed by atoms with E-state index in [9.17, 15) is 0 Å². The normalized spacial score (nSPS) is 18.3. The second-order valence-corrected chi connectivity index (χ2v) is 6.06. The molecule has 0 aliphatic carbocycles. The number of nitrogens with zero attached hydrogens (tertiary/aromatic N) is 1. The highest BCUT2D eigenvalue weighted by Gasteiger charge is 2.32. The van der Waals surface area contributed by atoms with E-state index in [0.717, 1.165) is 24.7 Å². The van der Waals surface area contributed by atoms with Gasteiger partial charge in [-0.3, -0.25) is 0 Å². The summed E-state index contributed by atoms with van der Waals surface area (Å²) in [5.74, 6) is 0. The molecule has 2 rings (SSSR count).